The molecule has 0 N–H and O–H groups in total. The van der Waals surface area contributed by atoms with E-state index in [9.17, 15) is 9.90 Å². The normalized spacial score (nSPS) is 14.2. The van der Waals surface area contributed by atoms with Gasteiger partial charge in [-0.1, -0.05) is 18.2 Å². The molecule has 0 radical (unpaired) electrons. The van der Waals surface area contributed by atoms with Crippen LogP contribution in [0.15, 0.2) is 18.2 Å². The fraction of sp³-hybridized carbons (Fsp3) is 0.562. The van der Waals surface area contributed by atoms with E-state index in [1.807, 2.05) is 6.07 Å². The summed E-state index contributed by atoms with van der Waals surface area (Å²) in [4.78, 5) is 10.7. The molecular formula is C16H21KO4. The van der Waals surface area contributed by atoms with Crippen LogP contribution in [-0.4, -0.2) is 20.2 Å². The van der Waals surface area contributed by atoms with Crippen LogP contribution in [0, 0.1) is 0 Å². The van der Waals surface area contributed by atoms with Gasteiger partial charge in [-0.2, -0.15) is 0 Å². The van der Waals surface area contributed by atoms with Gasteiger partial charge in [0.15, 0.2) is 5.79 Å². The average Bonchev–Trinajstić information content (AvgIpc) is 2.48. The van der Waals surface area contributed by atoms with Crippen LogP contribution in [0.3, 0.4) is 0 Å². The summed E-state index contributed by atoms with van der Waals surface area (Å²) in [6.07, 6.45) is 4.74. The van der Waals surface area contributed by atoms with E-state index in [0.29, 0.717) is 0 Å². The quantitative estimate of drug-likeness (QED) is 0.476. The predicted molar refractivity (Wildman–Crippen MR) is 73.0 cm³/mol. The van der Waals surface area contributed by atoms with Crippen molar-refractivity contribution in [2.75, 3.05) is 14.2 Å². The molecule has 0 atom stereocenters. The van der Waals surface area contributed by atoms with Crippen molar-refractivity contribution >= 4 is 5.97 Å². The molecule has 0 unspecified atom stereocenters. The topological polar surface area (TPSA) is 58.6 Å². The fourth-order valence-corrected chi connectivity index (χ4v) is 2.90. The summed E-state index contributed by atoms with van der Waals surface area (Å²) in [5, 5.41) is 10.7. The standard InChI is InChI=1S/C16H22O4.K/c1-19-16(20-2,10-9-15(17)18)14-8-7-12-5-3-4-6-13(12)11-14;/h7-8,11H,3-6,9-10H2,1-2H3,(H,17,18);/q;+1/p-1. The zero-order valence-electron chi connectivity index (χ0n) is 13.1. The van der Waals surface area contributed by atoms with Gasteiger partial charge in [-0.25, -0.2) is 0 Å². The third-order valence-electron chi connectivity index (χ3n) is 4.11. The number of carboxylic acid groups (broad SMARTS) is 1. The van der Waals surface area contributed by atoms with Gasteiger partial charge in [0.1, 0.15) is 0 Å². The summed E-state index contributed by atoms with van der Waals surface area (Å²) < 4.78 is 11.0. The molecule has 0 aliphatic heterocycles. The SMILES string of the molecule is COC(CCC(=O)[O-])(OC)c1ccc2c(c1)CCCC2.[K+]. The van der Waals surface area contributed by atoms with Crippen molar-refractivity contribution < 1.29 is 70.8 Å². The van der Waals surface area contributed by atoms with Gasteiger partial charge in [0.05, 0.1) is 0 Å². The number of hydrogen-bond donors (Lipinski definition) is 0. The first-order chi connectivity index (χ1) is 9.61. The fourth-order valence-electron chi connectivity index (χ4n) is 2.90. The minimum Gasteiger partial charge on any atom is -0.550 e. The summed E-state index contributed by atoms with van der Waals surface area (Å²) in [5.74, 6) is -2.10. The molecule has 0 fully saturated rings. The van der Waals surface area contributed by atoms with Gasteiger partial charge in [0.25, 0.3) is 0 Å². The first-order valence-corrected chi connectivity index (χ1v) is 7.04. The zero-order chi connectivity index (χ0) is 14.6. The number of aliphatic carboxylic acids is 1. The molecule has 0 spiro atoms. The van der Waals surface area contributed by atoms with Crippen LogP contribution in [0.25, 0.3) is 0 Å². The largest absolute Gasteiger partial charge is 1.00 e. The molecule has 0 bridgehead atoms. The number of benzene rings is 1. The number of fused-ring (bicyclic) bond motifs is 1. The van der Waals surface area contributed by atoms with E-state index >= 15 is 0 Å². The summed E-state index contributed by atoms with van der Waals surface area (Å²) in [5.41, 5.74) is 3.58. The third kappa shape index (κ3) is 4.61. The van der Waals surface area contributed by atoms with Crippen molar-refractivity contribution in [2.45, 2.75) is 44.3 Å². The van der Waals surface area contributed by atoms with Crippen molar-refractivity contribution in [3.8, 4) is 0 Å². The van der Waals surface area contributed by atoms with Gasteiger partial charge in [-0.3, -0.25) is 0 Å². The van der Waals surface area contributed by atoms with E-state index in [4.69, 9.17) is 9.47 Å². The van der Waals surface area contributed by atoms with E-state index in [-0.39, 0.29) is 64.2 Å². The smallest absolute Gasteiger partial charge is 0.550 e. The maximum absolute atomic E-state index is 10.7. The van der Waals surface area contributed by atoms with Gasteiger partial charge in [0.2, 0.25) is 0 Å². The van der Waals surface area contributed by atoms with Crippen LogP contribution in [0.5, 0.6) is 0 Å². The number of rotatable bonds is 6. The van der Waals surface area contributed by atoms with Crippen LogP contribution in [0.2, 0.25) is 0 Å². The number of aryl methyl sites for hydroxylation is 2. The van der Waals surface area contributed by atoms with Gasteiger partial charge in [0, 0.05) is 32.2 Å². The van der Waals surface area contributed by atoms with Crippen molar-refractivity contribution in [1.82, 2.24) is 0 Å². The summed E-state index contributed by atoms with van der Waals surface area (Å²) in [6, 6.07) is 6.18. The monoisotopic (exact) mass is 316 g/mol. The van der Waals surface area contributed by atoms with E-state index < -0.39 is 11.8 Å². The van der Waals surface area contributed by atoms with E-state index in [2.05, 4.69) is 12.1 Å². The van der Waals surface area contributed by atoms with Crippen LogP contribution < -0.4 is 56.5 Å². The molecule has 5 heteroatoms. The summed E-state index contributed by atoms with van der Waals surface area (Å²) >= 11 is 0. The Hall–Kier alpha value is 0.246. The molecule has 0 amide bonds. The first-order valence-electron chi connectivity index (χ1n) is 7.04. The molecular weight excluding hydrogens is 295 g/mol. The number of ether oxygens (including phenoxy) is 2. The Kier molecular flexibility index (Phi) is 8.06. The zero-order valence-corrected chi connectivity index (χ0v) is 16.2. The van der Waals surface area contributed by atoms with Gasteiger partial charge in [-0.15, -0.1) is 0 Å². The molecule has 110 valence electrons. The Morgan fingerprint density at radius 3 is 2.38 bits per heavy atom. The van der Waals surface area contributed by atoms with Gasteiger partial charge >= 0.3 is 51.4 Å². The predicted octanol–water partition coefficient (Wildman–Crippen LogP) is -1.45. The van der Waals surface area contributed by atoms with Crippen molar-refractivity contribution in [2.24, 2.45) is 0 Å². The number of hydrogen-bond acceptors (Lipinski definition) is 4. The molecule has 1 aliphatic rings. The number of methoxy groups -OCH3 is 2. The van der Waals surface area contributed by atoms with Crippen LogP contribution in [0.1, 0.15) is 42.4 Å². The minimum atomic E-state index is -1.10. The molecule has 2 rings (SSSR count). The van der Waals surface area contributed by atoms with Crippen LogP contribution in [-0.2, 0) is 32.9 Å². The molecule has 0 heterocycles. The molecule has 0 saturated carbocycles. The van der Waals surface area contributed by atoms with Crippen LogP contribution >= 0.6 is 0 Å². The number of carboxylic acids is 1. The molecule has 4 nitrogen and oxygen atoms in total. The second-order valence-corrected chi connectivity index (χ2v) is 5.22. The van der Waals surface area contributed by atoms with E-state index in [0.717, 1.165) is 18.4 Å². The average molecular weight is 316 g/mol. The van der Waals surface area contributed by atoms with Gasteiger partial charge < -0.3 is 19.4 Å². The van der Waals surface area contributed by atoms with E-state index in [1.54, 1.807) is 0 Å². The Labute approximate surface area is 168 Å². The summed E-state index contributed by atoms with van der Waals surface area (Å²) in [7, 11) is 3.08. The second-order valence-electron chi connectivity index (χ2n) is 5.22. The Morgan fingerprint density at radius 2 is 1.81 bits per heavy atom. The molecule has 21 heavy (non-hydrogen) atoms. The Balaban J connectivity index is 0.00000220. The molecule has 0 aromatic heterocycles. The first kappa shape index (κ1) is 19.3. The maximum Gasteiger partial charge on any atom is 1.00 e. The molecule has 0 saturated heterocycles. The maximum atomic E-state index is 10.7. The number of carbonyl (C=O) groups is 1. The van der Waals surface area contributed by atoms with Crippen molar-refractivity contribution in [3.05, 3.63) is 34.9 Å². The Bertz CT molecular complexity index is 483. The van der Waals surface area contributed by atoms with Gasteiger partial charge in [-0.05, 0) is 43.2 Å². The Morgan fingerprint density at radius 1 is 1.19 bits per heavy atom. The number of carbonyl (C=O) groups excluding carboxylic acids is 1. The van der Waals surface area contributed by atoms with Crippen LogP contribution in [0.4, 0.5) is 0 Å². The molecule has 1 aliphatic carbocycles. The van der Waals surface area contributed by atoms with Crippen molar-refractivity contribution in [3.63, 3.8) is 0 Å². The summed E-state index contributed by atoms with van der Waals surface area (Å²) in [6.45, 7) is 0. The van der Waals surface area contributed by atoms with Crippen molar-refractivity contribution in [1.29, 1.82) is 0 Å². The molecule has 1 aromatic carbocycles. The minimum absolute atomic E-state index is 0. The third-order valence-corrected chi connectivity index (χ3v) is 4.11. The van der Waals surface area contributed by atoms with E-state index in [1.165, 1.54) is 38.2 Å². The molecule has 1 aromatic rings. The second kappa shape index (κ2) is 8.77.